The fraction of sp³-hybridized carbons (Fsp3) is 0.804. The molecule has 0 saturated heterocycles. The number of ether oxygens (including phenoxy) is 9. The van der Waals surface area contributed by atoms with Crippen molar-refractivity contribution >= 4 is 197 Å². The van der Waals surface area contributed by atoms with Gasteiger partial charge in [-0.2, -0.15) is 0 Å². The van der Waals surface area contributed by atoms with Crippen LogP contribution in [0.1, 0.15) is 137 Å². The molecule has 0 amide bonds. The summed E-state index contributed by atoms with van der Waals surface area (Å²) in [4.78, 5) is 108. The Kier molecular flexibility index (Phi) is 33.0. The number of halogens is 9. The number of carbonyl (C=O) groups excluding carboxylic acids is 9. The maximum atomic E-state index is 12.7. The molecule has 0 spiro atoms. The lowest BCUT2D eigenvalue weighted by Crippen LogP contribution is -2.51. The van der Waals surface area contributed by atoms with Crippen LogP contribution in [-0.2, 0) is 85.8 Å². The summed E-state index contributed by atoms with van der Waals surface area (Å²) in [7, 11) is 0. The lowest BCUT2D eigenvalue weighted by molar-refractivity contribution is -0.251. The number of alkyl halides is 9. The molecule has 426 valence electrons. The summed E-state index contributed by atoms with van der Waals surface area (Å²) in [5.74, 6) is -7.05. The third-order valence-electron chi connectivity index (χ3n) is 7.96. The summed E-state index contributed by atoms with van der Waals surface area (Å²) in [6, 6.07) is 0. The molecule has 27 heteroatoms. The van der Waals surface area contributed by atoms with Gasteiger partial charge in [0, 0.05) is 6.42 Å². The number of esters is 9. The monoisotopic (exact) mass is 1620 g/mol. The second-order valence-corrected chi connectivity index (χ2v) is 38.1. The maximum Gasteiger partial charge on any atom is 0.325 e. The van der Waals surface area contributed by atoms with Gasteiger partial charge in [0.05, 0.1) is 19.6 Å². The van der Waals surface area contributed by atoms with Gasteiger partial charge in [-0.1, -0.05) is 143 Å². The average molecular weight is 1630 g/mol. The second kappa shape index (κ2) is 31.4. The van der Waals surface area contributed by atoms with Crippen LogP contribution in [0.25, 0.3) is 0 Å². The van der Waals surface area contributed by atoms with Crippen molar-refractivity contribution in [2.45, 2.75) is 188 Å². The molecule has 0 saturated carbocycles. The zero-order chi connectivity index (χ0) is 58.8. The Bertz CT molecular complexity index is 1810. The van der Waals surface area contributed by atoms with E-state index in [0.29, 0.717) is 0 Å². The van der Waals surface area contributed by atoms with Gasteiger partial charge in [-0.25, -0.2) is 0 Å². The van der Waals surface area contributed by atoms with Crippen molar-refractivity contribution in [2.75, 3.05) is 39.6 Å². The first-order chi connectivity index (χ1) is 32.1. The maximum absolute atomic E-state index is 12.7. The van der Waals surface area contributed by atoms with Gasteiger partial charge in [0.25, 0.3) is 5.79 Å². The summed E-state index contributed by atoms with van der Waals surface area (Å²) in [6.45, 7) is 28.3. The molecule has 0 aromatic heterocycles. The van der Waals surface area contributed by atoms with E-state index in [4.69, 9.17) is 42.6 Å². The topological polar surface area (TPSA) is 237 Å². The minimum Gasteiger partial charge on any atom is -0.465 e. The van der Waals surface area contributed by atoms with Gasteiger partial charge in [0.15, 0.2) is 6.61 Å². The summed E-state index contributed by atoms with van der Waals surface area (Å²) < 4.78 is 38.9. The zero-order valence-corrected chi connectivity index (χ0v) is 58.8. The minimum atomic E-state index is -2.05. The van der Waals surface area contributed by atoms with E-state index >= 15 is 0 Å². The smallest absolute Gasteiger partial charge is 0.325 e. The van der Waals surface area contributed by atoms with Crippen molar-refractivity contribution in [1.82, 2.24) is 0 Å². The van der Waals surface area contributed by atoms with E-state index in [2.05, 4.69) is 143 Å². The third kappa shape index (κ3) is 35.6. The Balaban J connectivity index is -0.00000106. The van der Waals surface area contributed by atoms with Gasteiger partial charge in [0.1, 0.15) is 64.8 Å². The molecular formula is C46H71Br9O18. The fourth-order valence-corrected chi connectivity index (χ4v) is 4.47. The summed E-state index contributed by atoms with van der Waals surface area (Å²) in [5, 5.41) is 0. The molecular weight excluding hydrogens is 1560 g/mol. The van der Waals surface area contributed by atoms with Crippen LogP contribution in [0.4, 0.5) is 0 Å². The number of carbonyl (C=O) groups is 9. The number of hydrogen-bond donors (Lipinski definition) is 0. The molecule has 0 rings (SSSR count). The molecule has 0 radical (unpaired) electrons. The van der Waals surface area contributed by atoms with Crippen LogP contribution in [0.3, 0.4) is 0 Å². The molecule has 1 atom stereocenters. The van der Waals surface area contributed by atoms with E-state index in [1.807, 2.05) is 0 Å². The van der Waals surface area contributed by atoms with Gasteiger partial charge in [-0.05, 0) is 125 Å². The van der Waals surface area contributed by atoms with Gasteiger partial charge in [-0.15, -0.1) is 0 Å². The highest BCUT2D eigenvalue weighted by atomic mass is 79.9. The van der Waals surface area contributed by atoms with Crippen molar-refractivity contribution in [3.63, 3.8) is 0 Å². The fourth-order valence-electron chi connectivity index (χ4n) is 3.53. The van der Waals surface area contributed by atoms with Gasteiger partial charge in [-0.3, -0.25) is 43.2 Å². The van der Waals surface area contributed by atoms with Gasteiger partial charge in [0.2, 0.25) is 0 Å². The molecule has 0 fully saturated rings. The summed E-state index contributed by atoms with van der Waals surface area (Å²) in [5.41, 5.74) is 0. The molecule has 1 unspecified atom stereocenters. The van der Waals surface area contributed by atoms with Crippen LogP contribution in [0, 0.1) is 0 Å². The SMILES string of the molecule is CC(C)(Br)C(=O)OCCC(COC(=O)C(C)(C)Br)(OC(=O)C(C)(C)Br)OC(=O)C(C)(C)Br.CC(C)(Br)C(=O)OCCC(COC(=O)C(C)(C)Br)OC(=O)C(C)(C)Br.CC(C)(Br)C(=O)OCCOC(=O)C(C)(C)Br. The Morgan fingerprint density at radius 2 is 0.562 bits per heavy atom. The van der Waals surface area contributed by atoms with Gasteiger partial charge >= 0.3 is 53.7 Å². The average Bonchev–Trinajstić information content (AvgIpc) is 3.17. The molecule has 0 aliphatic carbocycles. The Morgan fingerprint density at radius 1 is 0.315 bits per heavy atom. The molecule has 0 aliphatic heterocycles. The Hall–Kier alpha value is -0.450. The molecule has 0 aromatic rings. The first-order valence-electron chi connectivity index (χ1n) is 22.0. The standard InChI is InChI=1S/C20H30Br4O8.C16H25Br3O6.C10H16Br2O4/c1-16(2,21)12(25)29-10-9-20(31-14(27)18(5,6)23,32-15(28)19(7,8)24)11-30-13(26)17(3,4)22;1-14(2,17)11(20)23-8-7-10(25-13(22)16(5,6)19)9-24-12(21)15(3,4)18;1-9(2,11)7(13)15-5-6-16-8(14)10(3,4)12/h9-11H2,1-8H3;10H,7-9H2,1-6H3;5-6H2,1-4H3. The second-order valence-electron chi connectivity index (χ2n) is 20.2. The van der Waals surface area contributed by atoms with Crippen molar-refractivity contribution < 1.29 is 85.8 Å². The Labute approximate surface area is 505 Å². The summed E-state index contributed by atoms with van der Waals surface area (Å²) >= 11 is 28.8. The lowest BCUT2D eigenvalue weighted by Gasteiger charge is -2.36. The van der Waals surface area contributed by atoms with Crippen LogP contribution < -0.4 is 0 Å². The Morgan fingerprint density at radius 3 is 0.849 bits per heavy atom. The first kappa shape index (κ1) is 76.8. The zero-order valence-electron chi connectivity index (χ0n) is 44.5. The molecule has 0 N–H and O–H groups in total. The van der Waals surface area contributed by atoms with E-state index in [-0.39, 0.29) is 57.8 Å². The van der Waals surface area contributed by atoms with E-state index in [1.54, 1.807) is 96.9 Å². The molecule has 0 aliphatic rings. The van der Waals surface area contributed by atoms with Crippen molar-refractivity contribution in [3.8, 4) is 0 Å². The third-order valence-corrected chi connectivity index (χ3v) is 10.9. The van der Waals surface area contributed by atoms with Crippen LogP contribution in [-0.4, -0.2) is 144 Å². The van der Waals surface area contributed by atoms with Crippen LogP contribution in [0.5, 0.6) is 0 Å². The highest BCUT2D eigenvalue weighted by Crippen LogP contribution is 2.31. The molecule has 0 heterocycles. The quantitative estimate of drug-likeness (QED) is 0.0271. The van der Waals surface area contributed by atoms with Crippen molar-refractivity contribution in [2.24, 2.45) is 0 Å². The van der Waals surface area contributed by atoms with Crippen molar-refractivity contribution in [3.05, 3.63) is 0 Å². The number of rotatable bonds is 25. The molecule has 0 bridgehead atoms. The van der Waals surface area contributed by atoms with E-state index in [1.165, 1.54) is 27.7 Å². The largest absolute Gasteiger partial charge is 0.465 e. The normalized spacial score (nSPS) is 13.2. The summed E-state index contributed by atoms with van der Waals surface area (Å²) in [6.07, 6.45) is -0.796. The number of hydrogen-bond acceptors (Lipinski definition) is 18. The van der Waals surface area contributed by atoms with E-state index < -0.39 is 99.2 Å². The van der Waals surface area contributed by atoms with Crippen LogP contribution in [0.15, 0.2) is 0 Å². The van der Waals surface area contributed by atoms with Crippen LogP contribution >= 0.6 is 143 Å². The minimum absolute atomic E-state index is 0.0315. The van der Waals surface area contributed by atoms with Crippen LogP contribution in [0.2, 0.25) is 0 Å². The van der Waals surface area contributed by atoms with E-state index in [0.717, 1.165) is 0 Å². The van der Waals surface area contributed by atoms with Gasteiger partial charge < -0.3 is 42.6 Å². The van der Waals surface area contributed by atoms with Crippen molar-refractivity contribution in [1.29, 1.82) is 0 Å². The highest BCUT2D eigenvalue weighted by molar-refractivity contribution is 9.11. The highest BCUT2D eigenvalue weighted by Gasteiger charge is 2.47. The predicted molar refractivity (Wildman–Crippen MR) is 307 cm³/mol. The molecule has 73 heavy (non-hydrogen) atoms. The molecule has 0 aromatic carbocycles. The first-order valence-corrected chi connectivity index (χ1v) is 29.2. The predicted octanol–water partition coefficient (Wildman–Crippen LogP) is 11.3. The lowest BCUT2D eigenvalue weighted by atomic mass is 10.1. The molecule has 18 nitrogen and oxygen atoms in total. The van der Waals surface area contributed by atoms with E-state index in [9.17, 15) is 43.2 Å².